The molecule has 0 aliphatic carbocycles. The molecule has 1 N–H and O–H groups in total. The Labute approximate surface area is 171 Å². The van der Waals surface area contributed by atoms with E-state index in [0.29, 0.717) is 0 Å². The summed E-state index contributed by atoms with van der Waals surface area (Å²) in [6.45, 7) is 3.06. The molecule has 5 heteroatoms. The van der Waals surface area contributed by atoms with E-state index in [2.05, 4.69) is 44.9 Å². The summed E-state index contributed by atoms with van der Waals surface area (Å²) in [5.74, 6) is 0. The maximum absolute atomic E-state index is 10.2. The number of likely N-dealkylation sites (tertiary alicyclic amines) is 1. The first-order valence-electron chi connectivity index (χ1n) is 9.82. The van der Waals surface area contributed by atoms with Crippen LogP contribution in [-0.2, 0) is 13.0 Å². The number of aliphatic hydroxyl groups is 1. The molecule has 0 amide bonds. The summed E-state index contributed by atoms with van der Waals surface area (Å²) in [6.07, 6.45) is 8.56. The number of aliphatic hydroxyl groups excluding tert-OH is 1. The van der Waals surface area contributed by atoms with Crippen LogP contribution in [0.15, 0.2) is 67.1 Å². The molecule has 0 spiro atoms. The van der Waals surface area contributed by atoms with Crippen LogP contribution in [0.1, 0.15) is 24.1 Å². The summed E-state index contributed by atoms with van der Waals surface area (Å²) >= 11 is 6.36. The number of aromatic nitrogens is 2. The molecular weight excluding hydrogens is 370 g/mol. The molecule has 146 valence electrons. The highest BCUT2D eigenvalue weighted by atomic mass is 35.5. The van der Waals surface area contributed by atoms with Gasteiger partial charge in [0.05, 0.1) is 11.9 Å². The number of pyridine rings is 1. The molecule has 0 radical (unpaired) electrons. The van der Waals surface area contributed by atoms with Gasteiger partial charge in [-0.25, -0.2) is 0 Å². The Balaban J connectivity index is 1.42. The lowest BCUT2D eigenvalue weighted by atomic mass is 9.74. The van der Waals surface area contributed by atoms with Crippen LogP contribution in [-0.4, -0.2) is 39.3 Å². The molecule has 1 aromatic carbocycles. The van der Waals surface area contributed by atoms with Gasteiger partial charge < -0.3 is 9.67 Å². The third-order valence-corrected chi connectivity index (χ3v) is 6.29. The van der Waals surface area contributed by atoms with Gasteiger partial charge in [-0.15, -0.1) is 0 Å². The molecule has 1 fully saturated rings. The topological polar surface area (TPSA) is 41.3 Å². The van der Waals surface area contributed by atoms with Crippen molar-refractivity contribution in [3.05, 3.63) is 83.4 Å². The van der Waals surface area contributed by atoms with E-state index in [9.17, 15) is 5.11 Å². The summed E-state index contributed by atoms with van der Waals surface area (Å²) < 4.78 is 2.20. The van der Waals surface area contributed by atoms with Gasteiger partial charge in [0, 0.05) is 36.3 Å². The fourth-order valence-electron chi connectivity index (χ4n) is 4.14. The Hall–Kier alpha value is -2.14. The van der Waals surface area contributed by atoms with Crippen molar-refractivity contribution >= 4 is 11.6 Å². The Bertz CT molecular complexity index is 901. The summed E-state index contributed by atoms with van der Waals surface area (Å²) in [6, 6.07) is 16.3. The number of halogens is 1. The van der Waals surface area contributed by atoms with E-state index in [1.807, 2.05) is 30.5 Å². The van der Waals surface area contributed by atoms with Crippen molar-refractivity contribution in [1.29, 1.82) is 0 Å². The monoisotopic (exact) mass is 395 g/mol. The zero-order chi connectivity index (χ0) is 19.4. The second kappa shape index (κ2) is 8.48. The first-order valence-corrected chi connectivity index (χ1v) is 10.2. The van der Waals surface area contributed by atoms with Crippen LogP contribution in [0.2, 0.25) is 5.02 Å². The van der Waals surface area contributed by atoms with E-state index < -0.39 is 0 Å². The van der Waals surface area contributed by atoms with Crippen molar-refractivity contribution in [3.8, 4) is 5.69 Å². The second-order valence-corrected chi connectivity index (χ2v) is 8.19. The first-order chi connectivity index (χ1) is 13.7. The molecule has 0 saturated carbocycles. The van der Waals surface area contributed by atoms with Crippen molar-refractivity contribution in [1.82, 2.24) is 14.5 Å². The summed E-state index contributed by atoms with van der Waals surface area (Å²) in [5.41, 5.74) is 3.41. The Morgan fingerprint density at radius 3 is 2.57 bits per heavy atom. The first kappa shape index (κ1) is 19.2. The van der Waals surface area contributed by atoms with Gasteiger partial charge in [-0.2, -0.15) is 0 Å². The molecule has 4 rings (SSSR count). The molecule has 1 aliphatic heterocycles. The minimum atomic E-state index is -0.0766. The average Bonchev–Trinajstić information content (AvgIpc) is 3.20. The number of hydrogen-bond acceptors (Lipinski definition) is 3. The van der Waals surface area contributed by atoms with Crippen molar-refractivity contribution in [3.63, 3.8) is 0 Å². The third-order valence-electron chi connectivity index (χ3n) is 5.92. The fraction of sp³-hybridized carbons (Fsp3) is 0.348. The van der Waals surface area contributed by atoms with E-state index in [1.165, 1.54) is 5.69 Å². The molecule has 3 heterocycles. The van der Waals surface area contributed by atoms with E-state index >= 15 is 0 Å². The van der Waals surface area contributed by atoms with E-state index in [-0.39, 0.29) is 12.0 Å². The van der Waals surface area contributed by atoms with Gasteiger partial charge in [-0.3, -0.25) is 9.88 Å². The van der Waals surface area contributed by atoms with Gasteiger partial charge in [0.1, 0.15) is 0 Å². The standard InChI is InChI=1S/C23H26ClN3O/c24-22-8-2-1-5-19(22)15-23(18-28)9-13-26(14-10-23)17-21-7-4-12-27(21)20-6-3-11-25-16-20/h1-8,11-12,16,28H,9-10,13-15,17-18H2. The molecule has 28 heavy (non-hydrogen) atoms. The fourth-order valence-corrected chi connectivity index (χ4v) is 4.35. The van der Waals surface area contributed by atoms with Gasteiger partial charge in [0.25, 0.3) is 0 Å². The van der Waals surface area contributed by atoms with Crippen LogP contribution in [0.4, 0.5) is 0 Å². The normalized spacial score (nSPS) is 16.9. The number of piperidine rings is 1. The SMILES string of the molecule is OCC1(Cc2ccccc2Cl)CCN(Cc2cccn2-c2cccnc2)CC1. The molecular formula is C23H26ClN3O. The zero-order valence-electron chi connectivity index (χ0n) is 16.0. The summed E-state index contributed by atoms with van der Waals surface area (Å²) in [7, 11) is 0. The quantitative estimate of drug-likeness (QED) is 0.674. The molecule has 0 unspecified atom stereocenters. The Morgan fingerprint density at radius 2 is 1.86 bits per heavy atom. The molecule has 4 nitrogen and oxygen atoms in total. The van der Waals surface area contributed by atoms with Gasteiger partial charge in [-0.05, 0) is 73.7 Å². The lowest BCUT2D eigenvalue weighted by molar-refractivity contribution is 0.0408. The lowest BCUT2D eigenvalue weighted by Gasteiger charge is -2.41. The second-order valence-electron chi connectivity index (χ2n) is 7.78. The summed E-state index contributed by atoms with van der Waals surface area (Å²) in [4.78, 5) is 6.71. The molecule has 2 aromatic heterocycles. The molecule has 1 saturated heterocycles. The average molecular weight is 396 g/mol. The summed E-state index contributed by atoms with van der Waals surface area (Å²) in [5, 5.41) is 11.0. The van der Waals surface area contributed by atoms with Crippen LogP contribution >= 0.6 is 11.6 Å². The van der Waals surface area contributed by atoms with Crippen LogP contribution < -0.4 is 0 Å². The number of benzene rings is 1. The smallest absolute Gasteiger partial charge is 0.0636 e. The molecule has 0 atom stereocenters. The molecule has 1 aliphatic rings. The highest BCUT2D eigenvalue weighted by Crippen LogP contribution is 2.36. The highest BCUT2D eigenvalue weighted by Gasteiger charge is 2.34. The Morgan fingerprint density at radius 1 is 1.04 bits per heavy atom. The molecule has 3 aromatic rings. The van der Waals surface area contributed by atoms with Gasteiger partial charge in [0.15, 0.2) is 0 Å². The van der Waals surface area contributed by atoms with Crippen molar-refractivity contribution < 1.29 is 5.11 Å². The number of nitrogens with zero attached hydrogens (tertiary/aromatic N) is 3. The van der Waals surface area contributed by atoms with E-state index in [4.69, 9.17) is 11.6 Å². The Kier molecular flexibility index (Phi) is 5.81. The van der Waals surface area contributed by atoms with E-state index in [1.54, 1.807) is 6.20 Å². The third kappa shape index (κ3) is 4.14. The van der Waals surface area contributed by atoms with Crippen LogP contribution in [0.25, 0.3) is 5.69 Å². The lowest BCUT2D eigenvalue weighted by Crippen LogP contribution is -2.43. The van der Waals surface area contributed by atoms with Gasteiger partial charge in [0.2, 0.25) is 0 Å². The number of rotatable bonds is 6. The number of hydrogen-bond donors (Lipinski definition) is 1. The maximum atomic E-state index is 10.2. The molecule has 0 bridgehead atoms. The zero-order valence-corrected chi connectivity index (χ0v) is 16.7. The van der Waals surface area contributed by atoms with Crippen molar-refractivity contribution in [2.24, 2.45) is 5.41 Å². The van der Waals surface area contributed by atoms with Crippen LogP contribution in [0, 0.1) is 5.41 Å². The maximum Gasteiger partial charge on any atom is 0.0636 e. The van der Waals surface area contributed by atoms with Gasteiger partial charge >= 0.3 is 0 Å². The van der Waals surface area contributed by atoms with Crippen molar-refractivity contribution in [2.75, 3.05) is 19.7 Å². The van der Waals surface area contributed by atoms with Crippen molar-refractivity contribution in [2.45, 2.75) is 25.8 Å². The van der Waals surface area contributed by atoms with Gasteiger partial charge in [-0.1, -0.05) is 29.8 Å². The van der Waals surface area contributed by atoms with Crippen LogP contribution in [0.5, 0.6) is 0 Å². The van der Waals surface area contributed by atoms with E-state index in [0.717, 1.165) is 55.2 Å². The minimum absolute atomic E-state index is 0.0766. The minimum Gasteiger partial charge on any atom is -0.396 e. The highest BCUT2D eigenvalue weighted by molar-refractivity contribution is 6.31. The predicted octanol–water partition coefficient (Wildman–Crippen LogP) is 4.34. The van der Waals surface area contributed by atoms with Crippen LogP contribution in [0.3, 0.4) is 0 Å². The largest absolute Gasteiger partial charge is 0.396 e. The predicted molar refractivity (Wildman–Crippen MR) is 113 cm³/mol.